The number of hydrogen-bond acceptors (Lipinski definition) is 9. The summed E-state index contributed by atoms with van der Waals surface area (Å²) in [5.74, 6) is 0.378. The molecule has 228 valence electrons. The highest BCUT2D eigenvalue weighted by molar-refractivity contribution is 5.94. The lowest BCUT2D eigenvalue weighted by atomic mass is 9.94. The van der Waals surface area contributed by atoms with Gasteiger partial charge in [-0.1, -0.05) is 25.8 Å². The summed E-state index contributed by atoms with van der Waals surface area (Å²) in [6, 6.07) is 3.52. The van der Waals surface area contributed by atoms with E-state index in [0.29, 0.717) is 35.5 Å². The predicted octanol–water partition coefficient (Wildman–Crippen LogP) is 3.50. The smallest absolute Gasteiger partial charge is 0.254 e. The molecule has 0 fully saturated rings. The Morgan fingerprint density at radius 3 is 2.70 bits per heavy atom. The molecule has 12 nitrogen and oxygen atoms in total. The second-order valence-corrected chi connectivity index (χ2v) is 11.4. The van der Waals surface area contributed by atoms with Crippen LogP contribution in [-0.4, -0.2) is 65.8 Å². The first-order chi connectivity index (χ1) is 20.5. The lowest BCUT2D eigenvalue weighted by Gasteiger charge is -2.32. The highest BCUT2D eigenvalue weighted by Gasteiger charge is 2.27. The number of rotatable bonds is 14. The van der Waals surface area contributed by atoms with Gasteiger partial charge < -0.3 is 25.8 Å². The van der Waals surface area contributed by atoms with Gasteiger partial charge in [0, 0.05) is 63.9 Å². The van der Waals surface area contributed by atoms with E-state index in [1.54, 1.807) is 48.0 Å². The summed E-state index contributed by atoms with van der Waals surface area (Å²) in [6.45, 7) is 9.82. The van der Waals surface area contributed by atoms with E-state index in [0.717, 1.165) is 48.9 Å². The third-order valence-corrected chi connectivity index (χ3v) is 7.44. The van der Waals surface area contributed by atoms with Crippen LogP contribution in [0.3, 0.4) is 0 Å². The van der Waals surface area contributed by atoms with E-state index in [2.05, 4.69) is 44.1 Å². The van der Waals surface area contributed by atoms with E-state index in [-0.39, 0.29) is 17.4 Å². The molecule has 0 unspecified atom stereocenters. The summed E-state index contributed by atoms with van der Waals surface area (Å²) in [4.78, 5) is 41.4. The summed E-state index contributed by atoms with van der Waals surface area (Å²) in [6.07, 6.45) is 12.3. The molecule has 0 saturated carbocycles. The number of aryl methyl sites for hydroxylation is 2. The van der Waals surface area contributed by atoms with Crippen molar-refractivity contribution in [3.05, 3.63) is 71.1 Å². The van der Waals surface area contributed by atoms with Crippen molar-refractivity contribution in [1.29, 1.82) is 0 Å². The Labute approximate surface area is 252 Å². The van der Waals surface area contributed by atoms with Gasteiger partial charge in [0.2, 0.25) is 5.95 Å². The molecule has 1 atom stereocenters. The summed E-state index contributed by atoms with van der Waals surface area (Å²) < 4.78 is 3.18. The van der Waals surface area contributed by atoms with Gasteiger partial charge in [-0.05, 0) is 44.0 Å². The molecule has 0 bridgehead atoms. The SMILES string of the molecule is C=CCCN(C)Cc1cn(C)c(=O)cc1-c1cnc2c(N[C@](C)(CCCC)CNC(=O)c3cnn(C)c3)nc(N)nc2c1. The fourth-order valence-corrected chi connectivity index (χ4v) is 5.00. The number of hydrogen-bond donors (Lipinski definition) is 3. The number of unbranched alkanes of at least 4 members (excludes halogenated alkanes) is 1. The number of aromatic nitrogens is 6. The van der Waals surface area contributed by atoms with Gasteiger partial charge in [0.1, 0.15) is 5.52 Å². The monoisotopic (exact) mass is 586 g/mol. The van der Waals surface area contributed by atoms with Gasteiger partial charge in [0.15, 0.2) is 5.82 Å². The first-order valence-corrected chi connectivity index (χ1v) is 14.5. The minimum atomic E-state index is -0.545. The van der Waals surface area contributed by atoms with Crippen LogP contribution in [0.25, 0.3) is 22.2 Å². The quantitative estimate of drug-likeness (QED) is 0.189. The standard InChI is InChI=1S/C31H42N10O2/c1-7-9-11-31(3,20-34-29(43)22-16-35-41(6)19-22)38-28-27-25(36-30(32)37-28)13-21(15-33-27)24-14-26(42)40(5)18-23(24)17-39(4)12-10-8-2/h8,13-16,18-19H,2,7,9-12,17,20H2,1,3-6H3,(H,34,43)(H3,32,36,37,38)/t31-/m1/s1. The van der Waals surface area contributed by atoms with Crippen LogP contribution in [0.15, 0.2) is 54.4 Å². The molecule has 4 rings (SSSR count). The first-order valence-electron chi connectivity index (χ1n) is 14.5. The van der Waals surface area contributed by atoms with E-state index in [1.165, 1.54) is 0 Å². The molecule has 12 heteroatoms. The van der Waals surface area contributed by atoms with Crippen molar-refractivity contribution in [1.82, 2.24) is 39.5 Å². The van der Waals surface area contributed by atoms with Gasteiger partial charge in [-0.2, -0.15) is 10.1 Å². The van der Waals surface area contributed by atoms with Crippen LogP contribution in [0.4, 0.5) is 11.8 Å². The van der Waals surface area contributed by atoms with Crippen LogP contribution >= 0.6 is 0 Å². The van der Waals surface area contributed by atoms with Crippen molar-refractivity contribution in [2.75, 3.05) is 31.2 Å². The number of anilines is 2. The average Bonchev–Trinajstić information content (AvgIpc) is 3.41. The Bertz CT molecular complexity index is 1660. The maximum absolute atomic E-state index is 12.8. The summed E-state index contributed by atoms with van der Waals surface area (Å²) in [7, 11) is 5.56. The second kappa shape index (κ2) is 13.6. The number of carbonyl (C=O) groups is 1. The van der Waals surface area contributed by atoms with Crippen LogP contribution in [0, 0.1) is 0 Å². The van der Waals surface area contributed by atoms with E-state index in [4.69, 9.17) is 10.7 Å². The van der Waals surface area contributed by atoms with Gasteiger partial charge in [-0.15, -0.1) is 6.58 Å². The zero-order valence-corrected chi connectivity index (χ0v) is 25.7. The predicted molar refractivity (Wildman–Crippen MR) is 171 cm³/mol. The van der Waals surface area contributed by atoms with Crippen LogP contribution < -0.4 is 21.9 Å². The molecule has 4 aromatic heterocycles. The minimum Gasteiger partial charge on any atom is -0.368 e. The Balaban J connectivity index is 1.67. The molecule has 1 amide bonds. The van der Waals surface area contributed by atoms with E-state index in [9.17, 15) is 9.59 Å². The number of carbonyl (C=O) groups excluding carboxylic acids is 1. The van der Waals surface area contributed by atoms with Gasteiger partial charge in [-0.3, -0.25) is 19.3 Å². The van der Waals surface area contributed by atoms with E-state index >= 15 is 0 Å². The molecule has 0 saturated heterocycles. The Kier molecular flexibility index (Phi) is 9.92. The zero-order valence-electron chi connectivity index (χ0n) is 25.7. The van der Waals surface area contributed by atoms with Crippen molar-refractivity contribution in [2.24, 2.45) is 14.1 Å². The van der Waals surface area contributed by atoms with Crippen molar-refractivity contribution in [3.8, 4) is 11.1 Å². The summed E-state index contributed by atoms with van der Waals surface area (Å²) >= 11 is 0. The van der Waals surface area contributed by atoms with Crippen molar-refractivity contribution in [2.45, 2.75) is 51.6 Å². The third-order valence-electron chi connectivity index (χ3n) is 7.44. The number of nitrogens with one attached hydrogen (secondary N) is 2. The molecule has 43 heavy (non-hydrogen) atoms. The highest BCUT2D eigenvalue weighted by atomic mass is 16.1. The molecule has 0 aromatic carbocycles. The first kappa shape index (κ1) is 31.4. The Hall–Kier alpha value is -4.58. The van der Waals surface area contributed by atoms with Crippen LogP contribution in [0.1, 0.15) is 55.5 Å². The molecule has 0 aliphatic heterocycles. The van der Waals surface area contributed by atoms with E-state index in [1.807, 2.05) is 32.3 Å². The maximum Gasteiger partial charge on any atom is 0.254 e. The van der Waals surface area contributed by atoms with E-state index < -0.39 is 5.54 Å². The normalized spacial score (nSPS) is 12.8. The second-order valence-electron chi connectivity index (χ2n) is 11.4. The minimum absolute atomic E-state index is 0.0968. The average molecular weight is 587 g/mol. The zero-order chi connectivity index (χ0) is 31.1. The highest BCUT2D eigenvalue weighted by Crippen LogP contribution is 2.30. The fraction of sp³-hybridized carbons (Fsp3) is 0.419. The summed E-state index contributed by atoms with van der Waals surface area (Å²) in [5, 5.41) is 10.6. The molecule has 0 aliphatic rings. The number of nitrogen functional groups attached to an aromatic ring is 1. The number of nitrogens with two attached hydrogens (primary N) is 1. The van der Waals surface area contributed by atoms with Gasteiger partial charge in [0.25, 0.3) is 11.5 Å². The molecule has 0 radical (unpaired) electrons. The Morgan fingerprint density at radius 1 is 1.21 bits per heavy atom. The lowest BCUT2D eigenvalue weighted by Crippen LogP contribution is -2.46. The third kappa shape index (κ3) is 7.83. The van der Waals surface area contributed by atoms with Crippen molar-refractivity contribution < 1.29 is 4.79 Å². The molecule has 4 N–H and O–H groups in total. The maximum atomic E-state index is 12.8. The number of pyridine rings is 2. The number of amides is 1. The fourth-order valence-electron chi connectivity index (χ4n) is 5.00. The molecule has 4 aromatic rings. The number of nitrogens with zero attached hydrogens (tertiary/aromatic N) is 7. The van der Waals surface area contributed by atoms with Gasteiger partial charge in [0.05, 0.1) is 22.8 Å². The molecule has 0 spiro atoms. The largest absolute Gasteiger partial charge is 0.368 e. The number of fused-ring (bicyclic) bond motifs is 1. The molecule has 4 heterocycles. The topological polar surface area (TPSA) is 149 Å². The van der Waals surface area contributed by atoms with Crippen molar-refractivity contribution >= 4 is 28.7 Å². The molecule has 0 aliphatic carbocycles. The van der Waals surface area contributed by atoms with Crippen LogP contribution in [0.5, 0.6) is 0 Å². The van der Waals surface area contributed by atoms with Gasteiger partial charge in [-0.25, -0.2) is 4.98 Å². The van der Waals surface area contributed by atoms with Crippen LogP contribution in [-0.2, 0) is 20.6 Å². The summed E-state index contributed by atoms with van der Waals surface area (Å²) in [5.41, 5.74) is 9.67. The van der Waals surface area contributed by atoms with Gasteiger partial charge >= 0.3 is 0 Å². The lowest BCUT2D eigenvalue weighted by molar-refractivity contribution is 0.0945. The Morgan fingerprint density at radius 2 is 2.00 bits per heavy atom. The molecular formula is C31H42N10O2. The molecular weight excluding hydrogens is 544 g/mol. The van der Waals surface area contributed by atoms with Crippen LogP contribution in [0.2, 0.25) is 0 Å². The van der Waals surface area contributed by atoms with Crippen molar-refractivity contribution in [3.63, 3.8) is 0 Å².